The fourth-order valence-corrected chi connectivity index (χ4v) is 12.8. The van der Waals surface area contributed by atoms with Crippen molar-refractivity contribution in [2.45, 2.75) is 0 Å². The highest BCUT2D eigenvalue weighted by atomic mass is 15.1. The maximum Gasteiger partial charge on any atom is 0.0541 e. The Morgan fingerprint density at radius 1 is 0.169 bits per heavy atom. The summed E-state index contributed by atoms with van der Waals surface area (Å²) in [4.78, 5) is 4.62. The van der Waals surface area contributed by atoms with Crippen LogP contribution in [-0.2, 0) is 0 Å². The SMILES string of the molecule is c1ccc(N(c2ccccc2)c2ccc(-n3c4ccccc4c4cc(-c5ccc6c(c5)c5cc(-c7ccc8c(c7)c7ccccc7n8-c7ccc(N(c8ccccc8)c8ccccc8)cc7)ccc5n6-c5ccccc5)ccc43)cc2)cc1. The van der Waals surface area contributed by atoms with Crippen LogP contribution in [0.2, 0.25) is 0 Å². The van der Waals surface area contributed by atoms with E-state index in [1.54, 1.807) is 0 Å². The molecular formula is C78H53N5. The van der Waals surface area contributed by atoms with E-state index in [2.05, 4.69) is 345 Å². The Labute approximate surface area is 481 Å². The lowest BCUT2D eigenvalue weighted by atomic mass is 9.98. The fourth-order valence-electron chi connectivity index (χ4n) is 12.8. The van der Waals surface area contributed by atoms with E-state index in [0.29, 0.717) is 0 Å². The molecule has 0 atom stereocenters. The monoisotopic (exact) mass is 1060 g/mol. The van der Waals surface area contributed by atoms with Gasteiger partial charge in [0.2, 0.25) is 0 Å². The van der Waals surface area contributed by atoms with E-state index in [4.69, 9.17) is 0 Å². The Balaban J connectivity index is 0.783. The maximum atomic E-state index is 2.42. The molecule has 0 amide bonds. The average molecular weight is 1060 g/mol. The van der Waals surface area contributed by atoms with Gasteiger partial charge in [-0.15, -0.1) is 0 Å². The van der Waals surface area contributed by atoms with Crippen molar-refractivity contribution in [1.82, 2.24) is 13.7 Å². The third kappa shape index (κ3) is 8.16. The van der Waals surface area contributed by atoms with Crippen molar-refractivity contribution in [2.24, 2.45) is 0 Å². The molecule has 0 aliphatic carbocycles. The van der Waals surface area contributed by atoms with Gasteiger partial charge in [-0.2, -0.15) is 0 Å². The molecule has 390 valence electrons. The Bertz CT molecular complexity index is 4660. The molecule has 0 bridgehead atoms. The Hall–Kier alpha value is -11.1. The minimum Gasteiger partial charge on any atom is -0.311 e. The van der Waals surface area contributed by atoms with Crippen molar-refractivity contribution < 1.29 is 0 Å². The third-order valence-electron chi connectivity index (χ3n) is 16.6. The summed E-state index contributed by atoms with van der Waals surface area (Å²) in [6.07, 6.45) is 0. The van der Waals surface area contributed by atoms with Crippen molar-refractivity contribution in [3.05, 3.63) is 322 Å². The van der Waals surface area contributed by atoms with E-state index in [0.717, 1.165) is 51.2 Å². The van der Waals surface area contributed by atoms with Crippen LogP contribution in [0.5, 0.6) is 0 Å². The van der Waals surface area contributed by atoms with Crippen LogP contribution in [0.25, 0.3) is 105 Å². The summed E-state index contributed by atoms with van der Waals surface area (Å²) in [5, 5.41) is 7.32. The Morgan fingerprint density at radius 3 is 0.711 bits per heavy atom. The first-order valence-electron chi connectivity index (χ1n) is 28.4. The Morgan fingerprint density at radius 2 is 0.398 bits per heavy atom. The predicted octanol–water partition coefficient (Wildman–Crippen LogP) is 21.3. The van der Waals surface area contributed by atoms with Crippen LogP contribution in [0.1, 0.15) is 0 Å². The second-order valence-electron chi connectivity index (χ2n) is 21.3. The van der Waals surface area contributed by atoms with E-state index >= 15 is 0 Å². The molecule has 0 unspecified atom stereocenters. The quantitative estimate of drug-likeness (QED) is 0.129. The normalized spacial score (nSPS) is 11.6. The predicted molar refractivity (Wildman–Crippen MR) is 350 cm³/mol. The molecule has 3 heterocycles. The number of aromatic nitrogens is 3. The van der Waals surface area contributed by atoms with Gasteiger partial charge in [-0.1, -0.05) is 152 Å². The molecule has 0 saturated carbocycles. The summed E-state index contributed by atoms with van der Waals surface area (Å²) in [7, 11) is 0. The van der Waals surface area contributed by atoms with Gasteiger partial charge in [0.25, 0.3) is 0 Å². The number of rotatable bonds is 11. The molecule has 13 aromatic carbocycles. The highest BCUT2D eigenvalue weighted by molar-refractivity contribution is 6.15. The average Bonchev–Trinajstić information content (AvgIpc) is 2.93. The molecule has 0 aliphatic rings. The van der Waals surface area contributed by atoms with Crippen LogP contribution in [0, 0.1) is 0 Å². The van der Waals surface area contributed by atoms with Gasteiger partial charge >= 0.3 is 0 Å². The molecular weight excluding hydrogens is 1010 g/mol. The molecule has 83 heavy (non-hydrogen) atoms. The van der Waals surface area contributed by atoms with E-state index in [1.165, 1.54) is 87.7 Å². The molecule has 0 N–H and O–H groups in total. The molecule has 0 saturated heterocycles. The zero-order valence-corrected chi connectivity index (χ0v) is 45.3. The summed E-state index contributed by atoms with van der Waals surface area (Å²) in [6.45, 7) is 0. The first-order valence-corrected chi connectivity index (χ1v) is 28.4. The molecule has 0 radical (unpaired) electrons. The van der Waals surface area contributed by atoms with Crippen LogP contribution in [0.3, 0.4) is 0 Å². The summed E-state index contributed by atoms with van der Waals surface area (Å²) in [5.74, 6) is 0. The van der Waals surface area contributed by atoms with Gasteiger partial charge in [-0.25, -0.2) is 0 Å². The fraction of sp³-hybridized carbons (Fsp3) is 0. The smallest absolute Gasteiger partial charge is 0.0541 e. The van der Waals surface area contributed by atoms with Crippen LogP contribution in [-0.4, -0.2) is 13.7 Å². The third-order valence-corrected chi connectivity index (χ3v) is 16.6. The number of anilines is 6. The zero-order valence-electron chi connectivity index (χ0n) is 45.3. The van der Waals surface area contributed by atoms with E-state index in [-0.39, 0.29) is 0 Å². The van der Waals surface area contributed by atoms with Crippen molar-refractivity contribution >= 4 is 99.5 Å². The number of fused-ring (bicyclic) bond motifs is 9. The zero-order chi connectivity index (χ0) is 54.8. The second-order valence-corrected chi connectivity index (χ2v) is 21.3. The van der Waals surface area contributed by atoms with Gasteiger partial charge in [0.1, 0.15) is 0 Å². The van der Waals surface area contributed by atoms with E-state index < -0.39 is 0 Å². The minimum absolute atomic E-state index is 1.10. The van der Waals surface area contributed by atoms with E-state index in [9.17, 15) is 0 Å². The summed E-state index contributed by atoms with van der Waals surface area (Å²) >= 11 is 0. The van der Waals surface area contributed by atoms with Gasteiger partial charge in [0.15, 0.2) is 0 Å². The number of hydrogen-bond acceptors (Lipinski definition) is 2. The van der Waals surface area contributed by atoms with Crippen LogP contribution >= 0.6 is 0 Å². The first kappa shape index (κ1) is 47.8. The van der Waals surface area contributed by atoms with Crippen molar-refractivity contribution in [3.8, 4) is 39.3 Å². The first-order chi connectivity index (χ1) is 41.2. The highest BCUT2D eigenvalue weighted by Crippen LogP contribution is 2.43. The lowest BCUT2D eigenvalue weighted by Crippen LogP contribution is -2.09. The molecule has 0 spiro atoms. The minimum atomic E-state index is 1.10. The number of benzene rings is 13. The van der Waals surface area contributed by atoms with Gasteiger partial charge < -0.3 is 23.5 Å². The topological polar surface area (TPSA) is 21.3 Å². The van der Waals surface area contributed by atoms with E-state index in [1.807, 2.05) is 0 Å². The van der Waals surface area contributed by atoms with Crippen molar-refractivity contribution in [1.29, 1.82) is 0 Å². The largest absolute Gasteiger partial charge is 0.311 e. The van der Waals surface area contributed by atoms with Crippen molar-refractivity contribution in [3.63, 3.8) is 0 Å². The lowest BCUT2D eigenvalue weighted by Gasteiger charge is -2.25. The maximum absolute atomic E-state index is 2.42. The summed E-state index contributed by atoms with van der Waals surface area (Å²) in [5.41, 5.74) is 21.8. The van der Waals surface area contributed by atoms with Gasteiger partial charge in [0.05, 0.1) is 33.1 Å². The number of nitrogens with zero attached hydrogens (tertiary/aromatic N) is 5. The second kappa shape index (κ2) is 19.9. The Kier molecular flexibility index (Phi) is 11.5. The molecule has 0 fully saturated rings. The highest BCUT2D eigenvalue weighted by Gasteiger charge is 2.21. The van der Waals surface area contributed by atoms with Crippen LogP contribution in [0.15, 0.2) is 322 Å². The van der Waals surface area contributed by atoms with Crippen LogP contribution < -0.4 is 9.80 Å². The van der Waals surface area contributed by atoms with Crippen molar-refractivity contribution in [2.75, 3.05) is 9.80 Å². The molecule has 5 heteroatoms. The van der Waals surface area contributed by atoms with Gasteiger partial charge in [-0.05, 0) is 192 Å². The van der Waals surface area contributed by atoms with Gasteiger partial charge in [-0.3, -0.25) is 0 Å². The standard InChI is InChI=1S/C78H53N5/c1-6-20-58(21-7-1)79(59-22-8-2-9-23-59)63-38-42-65(43-39-63)82-73-32-18-16-30-67(73)69-50-54(34-46-75(69)82)56-36-48-77-71(52-56)72-53-57(37-49-78(72)81(77)62-28-14-5-15-29-62)55-35-47-76-70(51-55)68-31-17-19-33-74(68)83(76)66-44-40-64(41-45-66)80(60-24-10-3-11-25-60)61-26-12-4-13-27-61/h1-53H. The molecule has 16 aromatic rings. The van der Waals surface area contributed by atoms with Crippen LogP contribution in [0.4, 0.5) is 34.1 Å². The lowest BCUT2D eigenvalue weighted by molar-refractivity contribution is 1.17. The molecule has 5 nitrogen and oxygen atoms in total. The van der Waals surface area contributed by atoms with Gasteiger partial charge in [0, 0.05) is 83.5 Å². The number of hydrogen-bond donors (Lipinski definition) is 0. The molecule has 0 aliphatic heterocycles. The summed E-state index contributed by atoms with van der Waals surface area (Å²) in [6, 6.07) is 117. The number of para-hydroxylation sites is 7. The molecule has 16 rings (SSSR count). The summed E-state index contributed by atoms with van der Waals surface area (Å²) < 4.78 is 7.23. The molecule has 3 aromatic heterocycles.